The Morgan fingerprint density at radius 3 is 2.87 bits per heavy atom. The highest BCUT2D eigenvalue weighted by molar-refractivity contribution is 5.76. The first-order chi connectivity index (χ1) is 7.09. The molecule has 1 unspecified atom stereocenters. The van der Waals surface area contributed by atoms with Crippen molar-refractivity contribution in [3.63, 3.8) is 0 Å². The van der Waals surface area contributed by atoms with Crippen LogP contribution < -0.4 is 5.73 Å². The molecule has 0 aromatic heterocycles. The molecule has 0 spiro atoms. The van der Waals surface area contributed by atoms with Crippen molar-refractivity contribution in [1.29, 1.82) is 5.41 Å². The molecule has 1 heterocycles. The summed E-state index contributed by atoms with van der Waals surface area (Å²) < 4.78 is 0. The summed E-state index contributed by atoms with van der Waals surface area (Å²) in [6, 6.07) is 0.729. The lowest BCUT2D eigenvalue weighted by Crippen LogP contribution is -2.37. The molecule has 0 saturated carbocycles. The molecule has 1 aliphatic heterocycles. The van der Waals surface area contributed by atoms with Crippen LogP contribution in [0.1, 0.15) is 25.7 Å². The van der Waals surface area contributed by atoms with Crippen molar-refractivity contribution in [1.82, 2.24) is 9.80 Å². The summed E-state index contributed by atoms with van der Waals surface area (Å²) in [5.41, 5.74) is 5.32. The van der Waals surface area contributed by atoms with Crippen molar-refractivity contribution in [2.75, 3.05) is 33.7 Å². The van der Waals surface area contributed by atoms with Gasteiger partial charge in [0.2, 0.25) is 0 Å². The molecule has 1 saturated heterocycles. The Kier molecular flexibility index (Phi) is 5.05. The number of nitrogens with one attached hydrogen (secondary N) is 1. The van der Waals surface area contributed by atoms with E-state index < -0.39 is 0 Å². The molecule has 0 radical (unpaired) electrons. The molecule has 1 aliphatic rings. The third kappa shape index (κ3) is 4.62. The zero-order valence-electron chi connectivity index (χ0n) is 10.00. The molecule has 0 amide bonds. The van der Waals surface area contributed by atoms with Crippen molar-refractivity contribution in [3.8, 4) is 0 Å². The summed E-state index contributed by atoms with van der Waals surface area (Å²) in [5, 5.41) is 7.15. The van der Waals surface area contributed by atoms with Crippen LogP contribution >= 0.6 is 0 Å². The van der Waals surface area contributed by atoms with Gasteiger partial charge in [0.1, 0.15) is 0 Å². The van der Waals surface area contributed by atoms with E-state index in [0.717, 1.165) is 32.0 Å². The van der Waals surface area contributed by atoms with Crippen LogP contribution in [0.3, 0.4) is 0 Å². The van der Waals surface area contributed by atoms with Crippen LogP contribution in [0, 0.1) is 5.41 Å². The van der Waals surface area contributed by atoms with E-state index in [9.17, 15) is 0 Å². The van der Waals surface area contributed by atoms with Crippen LogP contribution in [0.2, 0.25) is 0 Å². The largest absolute Gasteiger partial charge is 0.388 e. The van der Waals surface area contributed by atoms with Gasteiger partial charge in [0.05, 0.1) is 5.84 Å². The molecular formula is C11H24N4. The molecule has 3 N–H and O–H groups in total. The maximum atomic E-state index is 7.15. The van der Waals surface area contributed by atoms with Crippen molar-refractivity contribution >= 4 is 5.84 Å². The van der Waals surface area contributed by atoms with Crippen LogP contribution in [0.15, 0.2) is 0 Å². The number of nitrogens with zero attached hydrogens (tertiary/aromatic N) is 2. The molecule has 88 valence electrons. The van der Waals surface area contributed by atoms with Crippen molar-refractivity contribution in [3.05, 3.63) is 0 Å². The Morgan fingerprint density at radius 2 is 2.33 bits per heavy atom. The molecule has 4 heteroatoms. The number of hydrogen-bond donors (Lipinski definition) is 2. The molecule has 0 bridgehead atoms. The molecule has 0 aromatic carbocycles. The zero-order chi connectivity index (χ0) is 11.3. The fraction of sp³-hybridized carbons (Fsp3) is 0.909. The lowest BCUT2D eigenvalue weighted by atomic mass is 10.2. The van der Waals surface area contributed by atoms with E-state index >= 15 is 0 Å². The minimum absolute atomic E-state index is 0.307. The van der Waals surface area contributed by atoms with E-state index in [1.807, 2.05) is 0 Å². The first kappa shape index (κ1) is 12.5. The Balaban J connectivity index is 2.12. The second-order valence-electron chi connectivity index (χ2n) is 4.67. The highest BCUT2D eigenvalue weighted by atomic mass is 15.2. The summed E-state index contributed by atoms with van der Waals surface area (Å²) in [7, 11) is 4.37. The first-order valence-electron chi connectivity index (χ1n) is 5.81. The third-order valence-electron chi connectivity index (χ3n) is 3.18. The molecular weight excluding hydrogens is 188 g/mol. The van der Waals surface area contributed by atoms with Gasteiger partial charge in [-0.2, -0.15) is 0 Å². The lowest BCUT2D eigenvalue weighted by Gasteiger charge is -2.25. The van der Waals surface area contributed by atoms with Gasteiger partial charge in [-0.15, -0.1) is 0 Å². The Bertz CT molecular complexity index is 205. The highest BCUT2D eigenvalue weighted by Crippen LogP contribution is 2.15. The van der Waals surface area contributed by atoms with Gasteiger partial charge in [-0.25, -0.2) is 0 Å². The summed E-state index contributed by atoms with van der Waals surface area (Å²) >= 11 is 0. The monoisotopic (exact) mass is 212 g/mol. The summed E-state index contributed by atoms with van der Waals surface area (Å²) in [5.74, 6) is 0.307. The molecule has 1 fully saturated rings. The molecule has 1 rings (SSSR count). The zero-order valence-corrected chi connectivity index (χ0v) is 10.00. The summed E-state index contributed by atoms with van der Waals surface area (Å²) in [4.78, 5) is 4.80. The van der Waals surface area contributed by atoms with E-state index in [0.29, 0.717) is 5.84 Å². The summed E-state index contributed by atoms with van der Waals surface area (Å²) in [6.45, 7) is 3.43. The van der Waals surface area contributed by atoms with Gasteiger partial charge >= 0.3 is 0 Å². The molecule has 1 atom stereocenters. The second kappa shape index (κ2) is 6.08. The quantitative estimate of drug-likeness (QED) is 0.504. The van der Waals surface area contributed by atoms with Gasteiger partial charge < -0.3 is 15.5 Å². The normalized spacial score (nSPS) is 22.5. The van der Waals surface area contributed by atoms with Crippen molar-refractivity contribution < 1.29 is 0 Å². The van der Waals surface area contributed by atoms with Crippen LogP contribution in [-0.4, -0.2) is 55.4 Å². The Labute approximate surface area is 92.9 Å². The van der Waals surface area contributed by atoms with Gasteiger partial charge in [0.25, 0.3) is 0 Å². The number of likely N-dealkylation sites (tertiary alicyclic amines) is 1. The smallest absolute Gasteiger partial charge is 0.0905 e. The van der Waals surface area contributed by atoms with E-state index in [4.69, 9.17) is 11.1 Å². The van der Waals surface area contributed by atoms with Crippen LogP contribution in [0.25, 0.3) is 0 Å². The van der Waals surface area contributed by atoms with E-state index in [2.05, 4.69) is 23.9 Å². The third-order valence-corrected chi connectivity index (χ3v) is 3.18. The van der Waals surface area contributed by atoms with Gasteiger partial charge in [-0.1, -0.05) is 0 Å². The topological polar surface area (TPSA) is 56.4 Å². The predicted molar refractivity (Wildman–Crippen MR) is 64.3 cm³/mol. The Morgan fingerprint density at radius 1 is 1.60 bits per heavy atom. The molecule has 0 aromatic rings. The average molecular weight is 212 g/mol. The first-order valence-corrected chi connectivity index (χ1v) is 5.81. The van der Waals surface area contributed by atoms with Crippen LogP contribution in [0.4, 0.5) is 0 Å². The fourth-order valence-electron chi connectivity index (χ4n) is 2.20. The number of likely N-dealkylation sites (N-methyl/N-ethyl adjacent to an activating group) is 2. The maximum Gasteiger partial charge on any atom is 0.0905 e. The van der Waals surface area contributed by atoms with Gasteiger partial charge in [0.15, 0.2) is 0 Å². The van der Waals surface area contributed by atoms with Gasteiger partial charge in [0, 0.05) is 19.0 Å². The fourth-order valence-corrected chi connectivity index (χ4v) is 2.20. The minimum Gasteiger partial charge on any atom is -0.388 e. The van der Waals surface area contributed by atoms with Crippen molar-refractivity contribution in [2.45, 2.75) is 31.7 Å². The molecule has 0 aliphatic carbocycles. The van der Waals surface area contributed by atoms with E-state index in [1.54, 1.807) is 0 Å². The maximum absolute atomic E-state index is 7.15. The number of rotatable bonds is 6. The average Bonchev–Trinajstić information content (AvgIpc) is 2.51. The van der Waals surface area contributed by atoms with E-state index in [-0.39, 0.29) is 0 Å². The van der Waals surface area contributed by atoms with Gasteiger partial charge in [-0.05, 0) is 46.4 Å². The van der Waals surface area contributed by atoms with Crippen LogP contribution in [0.5, 0.6) is 0 Å². The number of nitrogens with two attached hydrogens (primary N) is 1. The van der Waals surface area contributed by atoms with Gasteiger partial charge in [-0.3, -0.25) is 5.41 Å². The standard InChI is InChI=1S/C11H24N4/c1-14(7-4-6-11(12)13)9-10-5-3-8-15(10)2/h10H,3-9H2,1-2H3,(H3,12,13). The highest BCUT2D eigenvalue weighted by Gasteiger charge is 2.21. The Hall–Kier alpha value is -0.610. The minimum atomic E-state index is 0.307. The molecule has 4 nitrogen and oxygen atoms in total. The van der Waals surface area contributed by atoms with E-state index in [1.165, 1.54) is 19.4 Å². The SMILES string of the molecule is CN(CCCC(=N)N)CC1CCCN1C. The lowest BCUT2D eigenvalue weighted by molar-refractivity contribution is 0.219. The van der Waals surface area contributed by atoms with Crippen LogP contribution in [-0.2, 0) is 0 Å². The second-order valence-corrected chi connectivity index (χ2v) is 4.67. The summed E-state index contributed by atoms with van der Waals surface area (Å²) in [6.07, 6.45) is 4.39. The number of hydrogen-bond acceptors (Lipinski definition) is 3. The predicted octanol–water partition coefficient (Wildman–Crippen LogP) is 0.729. The number of amidine groups is 1. The van der Waals surface area contributed by atoms with Crippen molar-refractivity contribution in [2.24, 2.45) is 5.73 Å². The molecule has 15 heavy (non-hydrogen) atoms.